The van der Waals surface area contributed by atoms with Crippen LogP contribution in [0.1, 0.15) is 43.9 Å². The van der Waals surface area contributed by atoms with Gasteiger partial charge in [-0.25, -0.2) is 0 Å². The summed E-state index contributed by atoms with van der Waals surface area (Å²) in [5.74, 6) is 0.638. The predicted molar refractivity (Wildman–Crippen MR) is 122 cm³/mol. The lowest BCUT2D eigenvalue weighted by Crippen LogP contribution is -2.39. The van der Waals surface area contributed by atoms with Crippen LogP contribution in [0.5, 0.6) is 11.5 Å². The minimum absolute atomic E-state index is 0.178. The van der Waals surface area contributed by atoms with Gasteiger partial charge in [-0.3, -0.25) is 9.69 Å². The zero-order valence-electron chi connectivity index (χ0n) is 18.1. The van der Waals surface area contributed by atoms with Crippen molar-refractivity contribution in [1.82, 2.24) is 4.90 Å². The molecule has 1 saturated heterocycles. The fourth-order valence-corrected chi connectivity index (χ4v) is 4.55. The third kappa shape index (κ3) is 4.37. The molecule has 0 radical (unpaired) electrons. The highest BCUT2D eigenvalue weighted by atomic mass is 16.5. The molecule has 0 aromatic heterocycles. The Morgan fingerprint density at radius 2 is 1.65 bits per heavy atom. The molecule has 2 atom stereocenters. The number of ether oxygens (including phenoxy) is 2. The first-order valence-electron chi connectivity index (χ1n) is 11.0. The van der Waals surface area contributed by atoms with E-state index in [0.29, 0.717) is 31.1 Å². The van der Waals surface area contributed by atoms with Crippen molar-refractivity contribution in [1.29, 1.82) is 0 Å². The van der Waals surface area contributed by atoms with Gasteiger partial charge in [-0.1, -0.05) is 42.5 Å². The van der Waals surface area contributed by atoms with E-state index in [2.05, 4.69) is 35.2 Å². The van der Waals surface area contributed by atoms with Crippen molar-refractivity contribution in [3.63, 3.8) is 0 Å². The van der Waals surface area contributed by atoms with Gasteiger partial charge in [-0.2, -0.15) is 0 Å². The first-order chi connectivity index (χ1) is 15.1. The number of carboxylic acids is 1. The van der Waals surface area contributed by atoms with E-state index in [1.165, 1.54) is 5.39 Å². The molecule has 0 amide bonds. The molecule has 2 unspecified atom stereocenters. The van der Waals surface area contributed by atoms with Gasteiger partial charge < -0.3 is 14.6 Å². The predicted octanol–water partition coefficient (Wildman–Crippen LogP) is 5.28. The molecule has 4 rings (SSSR count). The molecule has 1 aliphatic heterocycles. The largest absolute Gasteiger partial charge is 0.490 e. The fraction of sp³-hybridized carbons (Fsp3) is 0.346. The molecule has 162 valence electrons. The third-order valence-electron chi connectivity index (χ3n) is 5.88. The van der Waals surface area contributed by atoms with Gasteiger partial charge in [0.25, 0.3) is 0 Å². The van der Waals surface area contributed by atoms with Gasteiger partial charge in [0.2, 0.25) is 0 Å². The van der Waals surface area contributed by atoms with Crippen molar-refractivity contribution in [2.24, 2.45) is 0 Å². The quantitative estimate of drug-likeness (QED) is 0.539. The lowest BCUT2D eigenvalue weighted by atomic mass is 9.94. The molecule has 1 N–H and O–H groups in total. The van der Waals surface area contributed by atoms with Gasteiger partial charge in [0, 0.05) is 6.54 Å². The smallest absolute Gasteiger partial charge is 0.320 e. The number of carboxylic acid groups (broad SMARTS) is 1. The SMILES string of the molecule is CCOc1ccc(C(c2ccc3ccccc3c2)N2CCCC2C(=O)O)cc1OCC. The number of aliphatic carboxylic acids is 1. The second kappa shape index (κ2) is 9.40. The number of rotatable bonds is 8. The zero-order valence-corrected chi connectivity index (χ0v) is 18.1. The Morgan fingerprint density at radius 3 is 2.39 bits per heavy atom. The van der Waals surface area contributed by atoms with Gasteiger partial charge >= 0.3 is 5.97 Å². The number of fused-ring (bicyclic) bond motifs is 1. The lowest BCUT2D eigenvalue weighted by Gasteiger charge is -2.32. The zero-order chi connectivity index (χ0) is 21.8. The molecular formula is C26H29NO4. The Hall–Kier alpha value is -3.05. The van der Waals surface area contributed by atoms with E-state index >= 15 is 0 Å². The molecule has 3 aromatic carbocycles. The first kappa shape index (κ1) is 21.2. The van der Waals surface area contributed by atoms with Gasteiger partial charge in [-0.05, 0) is 66.8 Å². The van der Waals surface area contributed by atoms with Crippen molar-refractivity contribution >= 4 is 16.7 Å². The van der Waals surface area contributed by atoms with E-state index < -0.39 is 12.0 Å². The fourth-order valence-electron chi connectivity index (χ4n) is 4.55. The van der Waals surface area contributed by atoms with Crippen LogP contribution in [0.15, 0.2) is 60.7 Å². The summed E-state index contributed by atoms with van der Waals surface area (Å²) in [6, 6.07) is 19.9. The number of benzene rings is 3. The highest BCUT2D eigenvalue weighted by Gasteiger charge is 2.37. The van der Waals surface area contributed by atoms with Gasteiger partial charge in [0.15, 0.2) is 11.5 Å². The monoisotopic (exact) mass is 419 g/mol. The summed E-state index contributed by atoms with van der Waals surface area (Å²) in [4.78, 5) is 14.1. The van der Waals surface area contributed by atoms with Crippen LogP contribution in [0.4, 0.5) is 0 Å². The topological polar surface area (TPSA) is 59.0 Å². The van der Waals surface area contributed by atoms with E-state index in [1.54, 1.807) is 0 Å². The molecule has 0 saturated carbocycles. The minimum Gasteiger partial charge on any atom is -0.490 e. The molecule has 5 nitrogen and oxygen atoms in total. The average molecular weight is 420 g/mol. The summed E-state index contributed by atoms with van der Waals surface area (Å²) < 4.78 is 11.6. The minimum atomic E-state index is -0.765. The Balaban J connectivity index is 1.84. The Labute approximate surface area is 183 Å². The maximum atomic E-state index is 12.0. The van der Waals surface area contributed by atoms with Crippen molar-refractivity contribution in [3.8, 4) is 11.5 Å². The molecule has 1 fully saturated rings. The number of hydrogen-bond donors (Lipinski definition) is 1. The molecule has 0 bridgehead atoms. The van der Waals surface area contributed by atoms with Crippen LogP contribution in [0.2, 0.25) is 0 Å². The summed E-state index contributed by atoms with van der Waals surface area (Å²) in [6.45, 7) is 5.73. The third-order valence-corrected chi connectivity index (χ3v) is 5.88. The van der Waals surface area contributed by atoms with E-state index in [9.17, 15) is 9.90 Å². The molecule has 3 aromatic rings. The maximum absolute atomic E-state index is 12.0. The molecular weight excluding hydrogens is 390 g/mol. The summed E-state index contributed by atoms with van der Waals surface area (Å²) in [7, 11) is 0. The van der Waals surface area contributed by atoms with E-state index in [4.69, 9.17) is 9.47 Å². The second-order valence-electron chi connectivity index (χ2n) is 7.82. The van der Waals surface area contributed by atoms with Crippen LogP contribution < -0.4 is 9.47 Å². The van der Waals surface area contributed by atoms with Crippen LogP contribution in [0.25, 0.3) is 10.8 Å². The summed E-state index contributed by atoms with van der Waals surface area (Å²) in [5.41, 5.74) is 2.09. The molecule has 0 spiro atoms. The van der Waals surface area contributed by atoms with E-state index in [1.807, 2.05) is 44.2 Å². The molecule has 31 heavy (non-hydrogen) atoms. The van der Waals surface area contributed by atoms with Crippen molar-refractivity contribution in [2.45, 2.75) is 38.8 Å². The van der Waals surface area contributed by atoms with Crippen LogP contribution in [-0.2, 0) is 4.79 Å². The van der Waals surface area contributed by atoms with Crippen LogP contribution in [0.3, 0.4) is 0 Å². The number of likely N-dealkylation sites (tertiary alicyclic amines) is 1. The highest BCUT2D eigenvalue weighted by Crippen LogP contribution is 2.39. The number of hydrogen-bond acceptors (Lipinski definition) is 4. The first-order valence-corrected chi connectivity index (χ1v) is 11.0. The van der Waals surface area contributed by atoms with Crippen LogP contribution >= 0.6 is 0 Å². The Bertz CT molecular complexity index is 1060. The molecule has 1 aliphatic rings. The standard InChI is InChI=1S/C26H29NO4/c1-3-30-23-14-13-21(17-24(23)31-4-2)25(27-15-7-10-22(27)26(28)29)20-12-11-18-8-5-6-9-19(18)16-20/h5-6,8-9,11-14,16-17,22,25H,3-4,7,10,15H2,1-2H3,(H,28,29). The molecule has 0 aliphatic carbocycles. The summed E-state index contributed by atoms with van der Waals surface area (Å²) >= 11 is 0. The second-order valence-corrected chi connectivity index (χ2v) is 7.82. The van der Waals surface area contributed by atoms with Crippen molar-refractivity contribution < 1.29 is 19.4 Å². The maximum Gasteiger partial charge on any atom is 0.320 e. The highest BCUT2D eigenvalue weighted by molar-refractivity contribution is 5.83. The average Bonchev–Trinajstić information content (AvgIpc) is 3.26. The Kier molecular flexibility index (Phi) is 6.42. The Morgan fingerprint density at radius 1 is 0.968 bits per heavy atom. The van der Waals surface area contributed by atoms with Gasteiger partial charge in [0.05, 0.1) is 19.3 Å². The van der Waals surface area contributed by atoms with E-state index in [0.717, 1.165) is 29.5 Å². The van der Waals surface area contributed by atoms with Crippen LogP contribution in [0, 0.1) is 0 Å². The normalized spacial score (nSPS) is 17.5. The van der Waals surface area contributed by atoms with Crippen molar-refractivity contribution in [2.75, 3.05) is 19.8 Å². The molecule has 1 heterocycles. The lowest BCUT2D eigenvalue weighted by molar-refractivity contribution is -0.142. The van der Waals surface area contributed by atoms with Gasteiger partial charge in [-0.15, -0.1) is 0 Å². The number of carbonyl (C=O) groups is 1. The number of nitrogens with zero attached hydrogens (tertiary/aromatic N) is 1. The summed E-state index contributed by atoms with van der Waals surface area (Å²) in [5, 5.41) is 12.2. The summed E-state index contributed by atoms with van der Waals surface area (Å²) in [6.07, 6.45) is 1.53. The van der Waals surface area contributed by atoms with Gasteiger partial charge in [0.1, 0.15) is 6.04 Å². The van der Waals surface area contributed by atoms with Crippen LogP contribution in [-0.4, -0.2) is 41.8 Å². The van der Waals surface area contributed by atoms with Crippen molar-refractivity contribution in [3.05, 3.63) is 71.8 Å². The molecule has 5 heteroatoms. The van der Waals surface area contributed by atoms with E-state index in [-0.39, 0.29) is 6.04 Å².